The number of para-hydroxylation sites is 1. The lowest BCUT2D eigenvalue weighted by Gasteiger charge is -2.08. The van der Waals surface area contributed by atoms with E-state index in [0.29, 0.717) is 0 Å². The largest absolute Gasteiger partial charge is 0.245 e. The van der Waals surface area contributed by atoms with Crippen LogP contribution in [0.4, 0.5) is 0 Å². The van der Waals surface area contributed by atoms with Crippen molar-refractivity contribution in [1.29, 1.82) is 0 Å². The molecule has 0 bridgehead atoms. The minimum atomic E-state index is 0.818. The second-order valence-corrected chi connectivity index (χ2v) is 11.5. The van der Waals surface area contributed by atoms with Crippen LogP contribution < -0.4 is 0 Å². The standard InChI is InChI=1S/C36H21N5S/c1-2-7-25(8-3-1)41-39-31-11-6-10-28(36(31)40-41)30-20-17-23-14-13-22-16-19-29(37-34(22)35(23)38-30)24-15-18-27-26-9-4-5-12-32(26)42-33(27)21-24/h1-21H. The van der Waals surface area contributed by atoms with Crippen LogP contribution in [0.5, 0.6) is 0 Å². The SMILES string of the molecule is c1ccc(-n2nc3cccc(-c4ccc5ccc6ccc(-c7ccc8c(c7)sc7ccccc78)nc6c5n4)c3n2)cc1. The average Bonchev–Trinajstić information content (AvgIpc) is 3.66. The zero-order valence-corrected chi connectivity index (χ0v) is 23.1. The molecule has 0 spiro atoms. The van der Waals surface area contributed by atoms with Gasteiger partial charge in [0.05, 0.1) is 28.1 Å². The fourth-order valence-electron chi connectivity index (χ4n) is 5.78. The Hall–Kier alpha value is -5.46. The lowest BCUT2D eigenvalue weighted by Crippen LogP contribution is -1.97. The van der Waals surface area contributed by atoms with Crippen LogP contribution in [0, 0.1) is 0 Å². The first kappa shape index (κ1) is 23.3. The first-order chi connectivity index (χ1) is 20.8. The lowest BCUT2D eigenvalue weighted by atomic mass is 10.0. The summed E-state index contributed by atoms with van der Waals surface area (Å²) in [5, 5.41) is 14.3. The molecule has 0 atom stereocenters. The summed E-state index contributed by atoms with van der Waals surface area (Å²) in [6.45, 7) is 0. The quantitative estimate of drug-likeness (QED) is 0.204. The van der Waals surface area contributed by atoms with Crippen molar-refractivity contribution in [2.75, 3.05) is 0 Å². The van der Waals surface area contributed by atoms with Crippen LogP contribution in [0.1, 0.15) is 0 Å². The van der Waals surface area contributed by atoms with Gasteiger partial charge in [-0.3, -0.25) is 0 Å². The Morgan fingerprint density at radius 1 is 0.500 bits per heavy atom. The molecule has 4 heterocycles. The molecule has 0 aliphatic heterocycles. The summed E-state index contributed by atoms with van der Waals surface area (Å²) in [5.41, 5.74) is 8.17. The van der Waals surface area contributed by atoms with Crippen LogP contribution in [0.3, 0.4) is 0 Å². The Labute approximate surface area is 244 Å². The minimum Gasteiger partial charge on any atom is -0.245 e. The molecule has 0 saturated heterocycles. The van der Waals surface area contributed by atoms with Crippen LogP contribution in [-0.4, -0.2) is 25.0 Å². The van der Waals surface area contributed by atoms with Crippen LogP contribution in [0.25, 0.3) is 81.2 Å². The van der Waals surface area contributed by atoms with Crippen LogP contribution in [0.2, 0.25) is 0 Å². The molecule has 0 unspecified atom stereocenters. The highest BCUT2D eigenvalue weighted by Crippen LogP contribution is 2.37. The number of benzene rings is 5. The molecule has 0 fully saturated rings. The molecule has 0 aliphatic carbocycles. The maximum absolute atomic E-state index is 5.19. The summed E-state index contributed by atoms with van der Waals surface area (Å²) < 4.78 is 2.57. The summed E-state index contributed by atoms with van der Waals surface area (Å²) in [6, 6.07) is 43.9. The maximum Gasteiger partial charge on any atom is 0.123 e. The monoisotopic (exact) mass is 555 g/mol. The smallest absolute Gasteiger partial charge is 0.123 e. The van der Waals surface area contributed by atoms with Gasteiger partial charge in [0.1, 0.15) is 11.0 Å². The van der Waals surface area contributed by atoms with Gasteiger partial charge in [0.25, 0.3) is 0 Å². The highest BCUT2D eigenvalue weighted by atomic mass is 32.1. The molecule has 5 aromatic carbocycles. The summed E-state index contributed by atoms with van der Waals surface area (Å²) >= 11 is 1.82. The van der Waals surface area contributed by atoms with E-state index >= 15 is 0 Å². The number of nitrogens with zero attached hydrogens (tertiary/aromatic N) is 5. The van der Waals surface area contributed by atoms with Gasteiger partial charge >= 0.3 is 0 Å². The highest BCUT2D eigenvalue weighted by Gasteiger charge is 2.14. The van der Waals surface area contributed by atoms with E-state index < -0.39 is 0 Å². The number of fused-ring (bicyclic) bond motifs is 7. The summed E-state index contributed by atoms with van der Waals surface area (Å²) in [5.74, 6) is 0. The van der Waals surface area contributed by atoms with E-state index in [4.69, 9.17) is 20.2 Å². The van der Waals surface area contributed by atoms with E-state index in [1.54, 1.807) is 4.80 Å². The molecular formula is C36H21N5S. The second kappa shape index (κ2) is 9.03. The third-order valence-corrected chi connectivity index (χ3v) is 9.00. The molecule has 42 heavy (non-hydrogen) atoms. The van der Waals surface area contributed by atoms with Crippen molar-refractivity contribution in [3.8, 4) is 28.2 Å². The third kappa shape index (κ3) is 3.62. The van der Waals surface area contributed by atoms with Crippen molar-refractivity contribution in [3.05, 3.63) is 127 Å². The van der Waals surface area contributed by atoms with E-state index in [1.165, 1.54) is 20.2 Å². The van der Waals surface area contributed by atoms with Crippen molar-refractivity contribution in [3.63, 3.8) is 0 Å². The van der Waals surface area contributed by atoms with E-state index in [2.05, 4.69) is 84.9 Å². The van der Waals surface area contributed by atoms with Gasteiger partial charge in [-0.25, -0.2) is 9.97 Å². The van der Waals surface area contributed by atoms with E-state index in [0.717, 1.165) is 61.0 Å². The number of rotatable bonds is 3. The predicted octanol–water partition coefficient (Wildman–Crippen LogP) is 9.22. The number of aromatic nitrogens is 5. The van der Waals surface area contributed by atoms with E-state index in [9.17, 15) is 0 Å². The molecule has 6 heteroatoms. The van der Waals surface area contributed by atoms with E-state index in [-0.39, 0.29) is 0 Å². The Morgan fingerprint density at radius 2 is 1.21 bits per heavy atom. The molecule has 9 aromatic rings. The number of pyridine rings is 2. The summed E-state index contributed by atoms with van der Waals surface area (Å²) in [7, 11) is 0. The van der Waals surface area contributed by atoms with Gasteiger partial charge in [0, 0.05) is 42.1 Å². The Morgan fingerprint density at radius 3 is 2.07 bits per heavy atom. The molecular weight excluding hydrogens is 534 g/mol. The molecule has 0 radical (unpaired) electrons. The average molecular weight is 556 g/mol. The van der Waals surface area contributed by atoms with Crippen molar-refractivity contribution in [1.82, 2.24) is 25.0 Å². The fourth-order valence-corrected chi connectivity index (χ4v) is 6.93. The van der Waals surface area contributed by atoms with E-state index in [1.807, 2.05) is 53.8 Å². The number of hydrogen-bond acceptors (Lipinski definition) is 5. The topological polar surface area (TPSA) is 56.5 Å². The van der Waals surface area contributed by atoms with Gasteiger partial charge in [-0.15, -0.1) is 21.5 Å². The Balaban J connectivity index is 1.20. The molecule has 0 aliphatic rings. The second-order valence-electron chi connectivity index (χ2n) is 10.4. The van der Waals surface area contributed by atoms with Gasteiger partial charge in [0.15, 0.2) is 0 Å². The van der Waals surface area contributed by atoms with Crippen LogP contribution in [0.15, 0.2) is 127 Å². The summed E-state index contributed by atoms with van der Waals surface area (Å²) in [6.07, 6.45) is 0. The van der Waals surface area contributed by atoms with Crippen molar-refractivity contribution >= 4 is 64.3 Å². The molecule has 4 aromatic heterocycles. The maximum atomic E-state index is 5.19. The normalized spacial score (nSPS) is 11.8. The Bertz CT molecular complexity index is 2480. The number of thiophene rings is 1. The molecule has 0 N–H and O–H groups in total. The Kier molecular flexibility index (Phi) is 5.00. The van der Waals surface area contributed by atoms with Crippen molar-refractivity contribution in [2.24, 2.45) is 0 Å². The molecule has 0 saturated carbocycles. The first-order valence-electron chi connectivity index (χ1n) is 13.8. The fraction of sp³-hybridized carbons (Fsp3) is 0. The minimum absolute atomic E-state index is 0.818. The molecule has 5 nitrogen and oxygen atoms in total. The highest BCUT2D eigenvalue weighted by molar-refractivity contribution is 7.25. The lowest BCUT2D eigenvalue weighted by molar-refractivity contribution is 0.766. The van der Waals surface area contributed by atoms with Gasteiger partial charge < -0.3 is 0 Å². The summed E-state index contributed by atoms with van der Waals surface area (Å²) in [4.78, 5) is 12.1. The zero-order valence-electron chi connectivity index (χ0n) is 22.3. The first-order valence-corrected chi connectivity index (χ1v) is 14.6. The zero-order chi connectivity index (χ0) is 27.6. The van der Waals surface area contributed by atoms with Crippen molar-refractivity contribution in [2.45, 2.75) is 0 Å². The van der Waals surface area contributed by atoms with Gasteiger partial charge in [-0.2, -0.15) is 4.80 Å². The molecule has 9 rings (SSSR count). The van der Waals surface area contributed by atoms with Gasteiger partial charge in [-0.05, 0) is 42.5 Å². The van der Waals surface area contributed by atoms with Crippen LogP contribution >= 0.6 is 11.3 Å². The predicted molar refractivity (Wildman–Crippen MR) is 173 cm³/mol. The van der Waals surface area contributed by atoms with Gasteiger partial charge in [-0.1, -0.05) is 84.9 Å². The molecule has 0 amide bonds. The van der Waals surface area contributed by atoms with Gasteiger partial charge in [0.2, 0.25) is 0 Å². The number of hydrogen-bond donors (Lipinski definition) is 0. The van der Waals surface area contributed by atoms with Crippen LogP contribution in [-0.2, 0) is 0 Å². The third-order valence-electron chi connectivity index (χ3n) is 7.87. The van der Waals surface area contributed by atoms with Crippen molar-refractivity contribution < 1.29 is 0 Å². The molecule has 196 valence electrons.